The van der Waals surface area contributed by atoms with Crippen molar-refractivity contribution in [2.45, 2.75) is 44.8 Å². The number of fused-ring (bicyclic) bond motifs is 3. The van der Waals surface area contributed by atoms with Gasteiger partial charge >= 0.3 is 0 Å². The summed E-state index contributed by atoms with van der Waals surface area (Å²) >= 11 is 0. The first kappa shape index (κ1) is 14.3. The van der Waals surface area contributed by atoms with Crippen LogP contribution in [0.1, 0.15) is 39.2 Å². The molecule has 3 aliphatic rings. The second kappa shape index (κ2) is 4.70. The summed E-state index contributed by atoms with van der Waals surface area (Å²) in [4.78, 5) is 12.8. The molecule has 3 heteroatoms. The summed E-state index contributed by atoms with van der Waals surface area (Å²) in [6, 6.07) is 7.80. The highest BCUT2D eigenvalue weighted by Crippen LogP contribution is 2.50. The van der Waals surface area contributed by atoms with E-state index in [4.69, 9.17) is 9.47 Å². The van der Waals surface area contributed by atoms with Gasteiger partial charge < -0.3 is 9.47 Å². The van der Waals surface area contributed by atoms with Crippen LogP contribution in [0, 0.1) is 5.92 Å². The van der Waals surface area contributed by atoms with E-state index in [0.29, 0.717) is 0 Å². The number of hydrogen-bond acceptors (Lipinski definition) is 3. The third-order valence-electron chi connectivity index (χ3n) is 4.81. The highest BCUT2D eigenvalue weighted by Gasteiger charge is 2.56. The molecule has 3 nitrogen and oxygen atoms in total. The second-order valence-electron chi connectivity index (χ2n) is 6.70. The van der Waals surface area contributed by atoms with E-state index >= 15 is 0 Å². The van der Waals surface area contributed by atoms with Crippen molar-refractivity contribution in [3.05, 3.63) is 35.4 Å². The number of rotatable bonds is 2. The average Bonchev–Trinajstić information content (AvgIpc) is 2.43. The molecule has 0 spiro atoms. The summed E-state index contributed by atoms with van der Waals surface area (Å²) in [6.45, 7) is 6.08. The molecule has 2 saturated heterocycles. The lowest BCUT2D eigenvalue weighted by Gasteiger charge is -2.53. The molecule has 112 valence electrons. The molecule has 4 rings (SSSR count). The molecule has 0 amide bonds. The zero-order valence-electron chi connectivity index (χ0n) is 13.1. The van der Waals surface area contributed by atoms with Gasteiger partial charge in [0.05, 0.1) is 12.7 Å². The topological polar surface area (TPSA) is 35.5 Å². The van der Waals surface area contributed by atoms with E-state index in [1.54, 1.807) is 7.11 Å². The molecule has 0 aromatic heterocycles. The maximum absolute atomic E-state index is 12.8. The highest BCUT2D eigenvalue weighted by atomic mass is 16.5. The molecule has 0 radical (unpaired) electrons. The van der Waals surface area contributed by atoms with E-state index < -0.39 is 5.60 Å². The number of ketones is 1. The van der Waals surface area contributed by atoms with Gasteiger partial charge in [-0.3, -0.25) is 4.79 Å². The van der Waals surface area contributed by atoms with Crippen LogP contribution in [0.2, 0.25) is 0 Å². The van der Waals surface area contributed by atoms with E-state index in [-0.39, 0.29) is 17.3 Å². The van der Waals surface area contributed by atoms with Crippen LogP contribution in [0.4, 0.5) is 0 Å². The summed E-state index contributed by atoms with van der Waals surface area (Å²) in [5, 5.41) is 0. The molecule has 1 aliphatic carbocycles. The zero-order chi connectivity index (χ0) is 15.3. The van der Waals surface area contributed by atoms with Crippen LogP contribution in [0.15, 0.2) is 29.8 Å². The Balaban J connectivity index is 2.09. The van der Waals surface area contributed by atoms with Gasteiger partial charge in [0.1, 0.15) is 11.4 Å². The molecule has 1 aromatic rings. The lowest BCUT2D eigenvalue weighted by atomic mass is 9.65. The zero-order valence-corrected chi connectivity index (χ0v) is 13.1. The number of Topliss-reactive ketones (excluding diaryl/α,β-unsaturated/α-hetero) is 1. The monoisotopic (exact) mass is 286 g/mol. The maximum Gasteiger partial charge on any atom is 0.190 e. The SMILES string of the molecule is COc1ccccc1/C=C1\C(=O)C2(C)CCC1C(C)(C)O2. The van der Waals surface area contributed by atoms with Gasteiger partial charge in [-0.1, -0.05) is 18.2 Å². The summed E-state index contributed by atoms with van der Waals surface area (Å²) in [6.07, 6.45) is 3.80. The Morgan fingerprint density at radius 3 is 2.67 bits per heavy atom. The van der Waals surface area contributed by atoms with E-state index in [2.05, 4.69) is 13.8 Å². The standard InChI is InChI=1S/C18H22O3/c1-17(2)14-9-10-18(3,21-17)16(19)13(14)11-12-7-5-6-8-15(12)20-4/h5-8,11,14H,9-10H2,1-4H3/b13-11-. The Bertz CT molecular complexity index is 615. The van der Waals surface area contributed by atoms with Crippen molar-refractivity contribution < 1.29 is 14.3 Å². The number of hydrogen-bond donors (Lipinski definition) is 0. The van der Waals surface area contributed by atoms with E-state index in [0.717, 1.165) is 29.7 Å². The summed E-state index contributed by atoms with van der Waals surface area (Å²) in [5.74, 6) is 1.07. The lowest BCUT2D eigenvalue weighted by molar-refractivity contribution is -0.206. The van der Waals surface area contributed by atoms with Crippen LogP contribution >= 0.6 is 0 Å². The molecule has 2 heterocycles. The molecule has 2 bridgehead atoms. The van der Waals surface area contributed by atoms with Crippen LogP contribution in [0.3, 0.4) is 0 Å². The number of carbonyl (C=O) groups is 1. The Hall–Kier alpha value is -1.61. The normalized spacial score (nSPS) is 32.5. The molecular weight excluding hydrogens is 264 g/mol. The average molecular weight is 286 g/mol. The van der Waals surface area contributed by atoms with Crippen molar-refractivity contribution >= 4 is 11.9 Å². The van der Waals surface area contributed by atoms with Gasteiger partial charge in [-0.05, 0) is 45.8 Å². The molecule has 21 heavy (non-hydrogen) atoms. The van der Waals surface area contributed by atoms with Crippen molar-refractivity contribution in [2.75, 3.05) is 7.11 Å². The Morgan fingerprint density at radius 2 is 2.00 bits per heavy atom. The van der Waals surface area contributed by atoms with Crippen molar-refractivity contribution in [1.29, 1.82) is 0 Å². The number of ether oxygens (including phenoxy) is 2. The van der Waals surface area contributed by atoms with Crippen molar-refractivity contribution in [3.63, 3.8) is 0 Å². The Labute approximate surface area is 125 Å². The summed E-state index contributed by atoms with van der Waals surface area (Å²) in [7, 11) is 1.65. The summed E-state index contributed by atoms with van der Waals surface area (Å²) < 4.78 is 11.5. The third kappa shape index (κ3) is 2.20. The van der Waals surface area contributed by atoms with Crippen LogP contribution in [0.5, 0.6) is 5.75 Å². The molecule has 1 saturated carbocycles. The number of para-hydroxylation sites is 1. The van der Waals surface area contributed by atoms with Crippen molar-refractivity contribution in [1.82, 2.24) is 0 Å². The van der Waals surface area contributed by atoms with Gasteiger partial charge in [0.25, 0.3) is 0 Å². The van der Waals surface area contributed by atoms with Crippen LogP contribution in [-0.2, 0) is 9.53 Å². The quantitative estimate of drug-likeness (QED) is 0.779. The third-order valence-corrected chi connectivity index (χ3v) is 4.81. The molecular formula is C18H22O3. The van der Waals surface area contributed by atoms with Gasteiger partial charge in [0, 0.05) is 17.1 Å². The van der Waals surface area contributed by atoms with Crippen LogP contribution in [-0.4, -0.2) is 24.1 Å². The Morgan fingerprint density at radius 1 is 1.29 bits per heavy atom. The van der Waals surface area contributed by atoms with Gasteiger partial charge in [-0.2, -0.15) is 0 Å². The van der Waals surface area contributed by atoms with Gasteiger partial charge in [0.15, 0.2) is 5.78 Å². The number of benzene rings is 1. The van der Waals surface area contributed by atoms with E-state index in [1.807, 2.05) is 37.3 Å². The fourth-order valence-electron chi connectivity index (χ4n) is 3.74. The number of carbonyl (C=O) groups excluding carboxylic acids is 1. The summed E-state index contributed by atoms with van der Waals surface area (Å²) in [5.41, 5.74) is 0.862. The van der Waals surface area contributed by atoms with Crippen molar-refractivity contribution in [2.24, 2.45) is 5.92 Å². The number of methoxy groups -OCH3 is 1. The molecule has 1 aromatic carbocycles. The first-order chi connectivity index (χ1) is 9.87. The first-order valence-corrected chi connectivity index (χ1v) is 7.47. The molecule has 2 atom stereocenters. The van der Waals surface area contributed by atoms with Gasteiger partial charge in [-0.15, -0.1) is 0 Å². The molecule has 2 aliphatic heterocycles. The lowest BCUT2D eigenvalue weighted by Crippen LogP contribution is -2.60. The van der Waals surface area contributed by atoms with Crippen LogP contribution < -0.4 is 4.74 Å². The predicted octanol–water partition coefficient (Wildman–Crippen LogP) is 3.63. The van der Waals surface area contributed by atoms with Crippen molar-refractivity contribution in [3.8, 4) is 5.75 Å². The van der Waals surface area contributed by atoms with Gasteiger partial charge in [-0.25, -0.2) is 0 Å². The van der Waals surface area contributed by atoms with E-state index in [9.17, 15) is 4.79 Å². The fraction of sp³-hybridized carbons (Fsp3) is 0.500. The van der Waals surface area contributed by atoms with E-state index in [1.165, 1.54) is 0 Å². The predicted molar refractivity (Wildman–Crippen MR) is 82.3 cm³/mol. The highest BCUT2D eigenvalue weighted by molar-refractivity contribution is 6.07. The minimum atomic E-state index is -0.675. The molecule has 2 unspecified atom stereocenters. The van der Waals surface area contributed by atoms with Crippen LogP contribution in [0.25, 0.3) is 6.08 Å². The van der Waals surface area contributed by atoms with Gasteiger partial charge in [0.2, 0.25) is 0 Å². The minimum Gasteiger partial charge on any atom is -0.496 e. The second-order valence-corrected chi connectivity index (χ2v) is 6.70. The maximum atomic E-state index is 12.8. The smallest absolute Gasteiger partial charge is 0.190 e. The largest absolute Gasteiger partial charge is 0.496 e. The Kier molecular flexibility index (Phi) is 3.21. The first-order valence-electron chi connectivity index (χ1n) is 7.47. The fourth-order valence-corrected chi connectivity index (χ4v) is 3.74. The minimum absolute atomic E-state index is 0.129. The molecule has 0 N–H and O–H groups in total. The molecule has 3 fully saturated rings.